The van der Waals surface area contributed by atoms with Gasteiger partial charge in [-0.3, -0.25) is 4.79 Å². The largest absolute Gasteiger partial charge is 0.293 e. The Morgan fingerprint density at radius 2 is 1.81 bits per heavy atom. The van der Waals surface area contributed by atoms with Crippen LogP contribution in [-0.2, 0) is 9.84 Å². The lowest BCUT2D eigenvalue weighted by atomic mass is 10.0. The number of carbonyl (C=O) groups excluding carboxylic acids is 1. The lowest BCUT2D eigenvalue weighted by Gasteiger charge is -2.16. The van der Waals surface area contributed by atoms with Crippen LogP contribution in [0.2, 0.25) is 0 Å². The Labute approximate surface area is 127 Å². The second-order valence-electron chi connectivity index (χ2n) is 6.29. The zero-order chi connectivity index (χ0) is 15.6. The van der Waals surface area contributed by atoms with Gasteiger partial charge < -0.3 is 0 Å². The molecule has 2 rings (SSSR count). The number of sulfone groups is 1. The normalized spacial score (nSPS) is 17.9. The molecule has 0 spiro atoms. The van der Waals surface area contributed by atoms with Gasteiger partial charge in [0.1, 0.15) is 5.25 Å². The summed E-state index contributed by atoms with van der Waals surface area (Å²) in [5.41, 5.74) is 2.62. The van der Waals surface area contributed by atoms with E-state index in [1.54, 1.807) is 12.1 Å². The number of aryl methyl sites for hydroxylation is 2. The van der Waals surface area contributed by atoms with Crippen LogP contribution in [0.25, 0.3) is 0 Å². The van der Waals surface area contributed by atoms with Gasteiger partial charge in [-0.2, -0.15) is 0 Å². The van der Waals surface area contributed by atoms with Gasteiger partial charge in [-0.15, -0.1) is 0 Å². The number of carbonyl (C=O) groups is 1. The monoisotopic (exact) mass is 308 g/mol. The molecule has 1 atom stereocenters. The average molecular weight is 308 g/mol. The number of benzene rings is 1. The summed E-state index contributed by atoms with van der Waals surface area (Å²) in [6.45, 7) is 5.44. The molecule has 0 saturated heterocycles. The molecule has 1 aromatic rings. The maximum absolute atomic E-state index is 12.4. The van der Waals surface area contributed by atoms with Gasteiger partial charge in [0.15, 0.2) is 15.6 Å². The van der Waals surface area contributed by atoms with Crippen molar-refractivity contribution in [3.63, 3.8) is 0 Å². The van der Waals surface area contributed by atoms with E-state index in [1.165, 1.54) is 6.92 Å². The smallest absolute Gasteiger partial charge is 0.180 e. The molecule has 4 heteroatoms. The van der Waals surface area contributed by atoms with E-state index in [0.29, 0.717) is 5.56 Å². The fourth-order valence-corrected chi connectivity index (χ4v) is 4.68. The average Bonchev–Trinajstić information content (AvgIpc) is 2.92. The summed E-state index contributed by atoms with van der Waals surface area (Å²) in [6.07, 6.45) is 4.17. The van der Waals surface area contributed by atoms with Crippen molar-refractivity contribution in [1.82, 2.24) is 0 Å². The van der Waals surface area contributed by atoms with Gasteiger partial charge in [0.25, 0.3) is 0 Å². The summed E-state index contributed by atoms with van der Waals surface area (Å²) in [5, 5.41) is -0.944. The van der Waals surface area contributed by atoms with Crippen molar-refractivity contribution in [2.45, 2.75) is 51.7 Å². The maximum Gasteiger partial charge on any atom is 0.180 e. The van der Waals surface area contributed by atoms with Crippen LogP contribution in [0.5, 0.6) is 0 Å². The van der Waals surface area contributed by atoms with E-state index in [4.69, 9.17) is 0 Å². The molecule has 1 saturated carbocycles. The van der Waals surface area contributed by atoms with E-state index in [9.17, 15) is 13.2 Å². The summed E-state index contributed by atoms with van der Waals surface area (Å²) in [7, 11) is -3.36. The van der Waals surface area contributed by atoms with Gasteiger partial charge in [-0.05, 0) is 56.7 Å². The molecule has 0 aliphatic heterocycles. The van der Waals surface area contributed by atoms with Gasteiger partial charge >= 0.3 is 0 Å². The predicted octanol–water partition coefficient (Wildman–Crippen LogP) is 3.48. The molecule has 0 aromatic heterocycles. The number of hydrogen-bond donors (Lipinski definition) is 0. The van der Waals surface area contributed by atoms with Crippen LogP contribution in [0.3, 0.4) is 0 Å². The topological polar surface area (TPSA) is 51.2 Å². The van der Waals surface area contributed by atoms with Crippen LogP contribution in [0.15, 0.2) is 18.2 Å². The van der Waals surface area contributed by atoms with E-state index >= 15 is 0 Å². The number of rotatable bonds is 5. The molecule has 1 aliphatic carbocycles. The second kappa shape index (κ2) is 6.30. The first-order valence-corrected chi connectivity index (χ1v) is 9.36. The summed E-state index contributed by atoms with van der Waals surface area (Å²) < 4.78 is 24.9. The highest BCUT2D eigenvalue weighted by atomic mass is 32.2. The fraction of sp³-hybridized carbons (Fsp3) is 0.588. The zero-order valence-corrected chi connectivity index (χ0v) is 13.9. The standard InChI is InChI=1S/C17H24O3S/c1-12-8-9-16(10-13(12)2)17(18)14(3)21(19,20)11-15-6-4-5-7-15/h8-10,14-15H,4-7,11H2,1-3H3. The zero-order valence-electron chi connectivity index (χ0n) is 13.1. The van der Waals surface area contributed by atoms with Crippen LogP contribution in [-0.4, -0.2) is 25.2 Å². The van der Waals surface area contributed by atoms with Crippen LogP contribution in [0, 0.1) is 19.8 Å². The summed E-state index contributed by atoms with van der Waals surface area (Å²) in [5.74, 6) is 0.117. The third-order valence-corrected chi connectivity index (χ3v) is 6.87. The molecule has 0 bridgehead atoms. The Balaban J connectivity index is 2.15. The lowest BCUT2D eigenvalue weighted by Crippen LogP contribution is -2.31. The second-order valence-corrected chi connectivity index (χ2v) is 8.65. The number of hydrogen-bond acceptors (Lipinski definition) is 3. The molecule has 0 amide bonds. The van der Waals surface area contributed by atoms with Gasteiger partial charge in [-0.1, -0.05) is 25.0 Å². The SMILES string of the molecule is Cc1ccc(C(=O)C(C)S(=O)(=O)CC2CCCC2)cc1C. The van der Waals surface area contributed by atoms with E-state index in [-0.39, 0.29) is 17.5 Å². The molecule has 1 aromatic carbocycles. The first-order chi connectivity index (χ1) is 9.81. The van der Waals surface area contributed by atoms with E-state index in [2.05, 4.69) is 0 Å². The van der Waals surface area contributed by atoms with Gasteiger partial charge in [-0.25, -0.2) is 8.42 Å². The molecule has 1 unspecified atom stereocenters. The molecule has 3 nitrogen and oxygen atoms in total. The summed E-state index contributed by atoms with van der Waals surface area (Å²) in [6, 6.07) is 5.39. The predicted molar refractivity (Wildman–Crippen MR) is 85.5 cm³/mol. The molecule has 0 N–H and O–H groups in total. The van der Waals surface area contributed by atoms with Crippen molar-refractivity contribution < 1.29 is 13.2 Å². The van der Waals surface area contributed by atoms with Gasteiger partial charge in [0.05, 0.1) is 5.75 Å². The first kappa shape index (κ1) is 16.2. The summed E-state index contributed by atoms with van der Waals surface area (Å²) >= 11 is 0. The van der Waals surface area contributed by atoms with Gasteiger partial charge in [0.2, 0.25) is 0 Å². The maximum atomic E-state index is 12.4. The third kappa shape index (κ3) is 3.73. The Morgan fingerprint density at radius 1 is 1.19 bits per heavy atom. The Bertz CT molecular complexity index is 625. The van der Waals surface area contributed by atoms with E-state index in [1.807, 2.05) is 19.9 Å². The van der Waals surface area contributed by atoms with Crippen LogP contribution in [0.1, 0.15) is 54.1 Å². The highest BCUT2D eigenvalue weighted by Crippen LogP contribution is 2.27. The fourth-order valence-electron chi connectivity index (χ4n) is 2.94. The molecule has 0 radical (unpaired) electrons. The van der Waals surface area contributed by atoms with Crippen LogP contribution >= 0.6 is 0 Å². The minimum absolute atomic E-state index is 0.157. The molecular formula is C17H24O3S. The van der Waals surface area contributed by atoms with Gasteiger partial charge in [0, 0.05) is 5.56 Å². The Hall–Kier alpha value is -1.16. The molecule has 1 aliphatic rings. The minimum Gasteiger partial charge on any atom is -0.293 e. The highest BCUT2D eigenvalue weighted by Gasteiger charge is 2.32. The first-order valence-electron chi connectivity index (χ1n) is 7.64. The number of ketones is 1. The van der Waals surface area contributed by atoms with Crippen LogP contribution < -0.4 is 0 Å². The van der Waals surface area contributed by atoms with Crippen molar-refractivity contribution in [2.75, 3.05) is 5.75 Å². The van der Waals surface area contributed by atoms with Crippen molar-refractivity contribution >= 4 is 15.6 Å². The van der Waals surface area contributed by atoms with Crippen molar-refractivity contribution in [3.8, 4) is 0 Å². The van der Waals surface area contributed by atoms with Crippen molar-refractivity contribution in [3.05, 3.63) is 34.9 Å². The quantitative estimate of drug-likeness (QED) is 0.783. The minimum atomic E-state index is -3.36. The molecule has 21 heavy (non-hydrogen) atoms. The number of Topliss-reactive ketones (excluding diaryl/α,β-unsaturated/α-hetero) is 1. The lowest BCUT2D eigenvalue weighted by molar-refractivity contribution is 0.0991. The Morgan fingerprint density at radius 3 is 2.38 bits per heavy atom. The molecular weight excluding hydrogens is 284 g/mol. The summed E-state index contributed by atoms with van der Waals surface area (Å²) in [4.78, 5) is 12.4. The molecule has 0 heterocycles. The van der Waals surface area contributed by atoms with Crippen molar-refractivity contribution in [2.24, 2.45) is 5.92 Å². The van der Waals surface area contributed by atoms with E-state index < -0.39 is 15.1 Å². The Kier molecular flexibility index (Phi) is 4.87. The molecule has 116 valence electrons. The third-order valence-electron chi connectivity index (χ3n) is 4.64. The van der Waals surface area contributed by atoms with E-state index in [0.717, 1.165) is 36.8 Å². The van der Waals surface area contributed by atoms with Crippen molar-refractivity contribution in [1.29, 1.82) is 0 Å². The molecule has 1 fully saturated rings. The highest BCUT2D eigenvalue weighted by molar-refractivity contribution is 7.92. The van der Waals surface area contributed by atoms with Crippen LogP contribution in [0.4, 0.5) is 0 Å².